The number of hydrogen-bond acceptors (Lipinski definition) is 6. The fourth-order valence-corrected chi connectivity index (χ4v) is 5.80. The summed E-state index contributed by atoms with van der Waals surface area (Å²) in [4.78, 5) is 19.1. The van der Waals surface area contributed by atoms with Crippen molar-refractivity contribution < 1.29 is 19.4 Å². The molecular weight excluding hydrogens is 502 g/mol. The number of carbonyl (C=O) groups is 1. The van der Waals surface area contributed by atoms with Crippen LogP contribution in [0.4, 0.5) is 5.82 Å². The quantitative estimate of drug-likeness (QED) is 0.303. The number of pyridine rings is 1. The third-order valence-electron chi connectivity index (χ3n) is 7.48. The van der Waals surface area contributed by atoms with Crippen LogP contribution in [0.2, 0.25) is 5.02 Å². The van der Waals surface area contributed by atoms with E-state index in [4.69, 9.17) is 26.1 Å². The Bertz CT molecular complexity index is 1090. The van der Waals surface area contributed by atoms with Crippen molar-refractivity contribution in [3.63, 3.8) is 0 Å². The molecule has 0 bridgehead atoms. The molecule has 8 heteroatoms. The number of methoxy groups -OCH3 is 1. The number of aliphatic carboxylic acids is 1. The van der Waals surface area contributed by atoms with Gasteiger partial charge in [-0.1, -0.05) is 37.9 Å². The molecule has 38 heavy (non-hydrogen) atoms. The molecule has 208 valence electrons. The highest BCUT2D eigenvalue weighted by molar-refractivity contribution is 6.31. The number of nitrogens with one attached hydrogen (secondary N) is 1. The van der Waals surface area contributed by atoms with Crippen molar-refractivity contribution in [2.24, 2.45) is 5.92 Å². The molecule has 0 spiro atoms. The summed E-state index contributed by atoms with van der Waals surface area (Å²) in [5, 5.41) is 14.1. The molecule has 3 heterocycles. The summed E-state index contributed by atoms with van der Waals surface area (Å²) in [5.41, 5.74) is 4.06. The third-order valence-corrected chi connectivity index (χ3v) is 7.83. The van der Waals surface area contributed by atoms with Gasteiger partial charge >= 0.3 is 5.97 Å². The highest BCUT2D eigenvalue weighted by Crippen LogP contribution is 2.37. The molecule has 2 aliphatic rings. The Morgan fingerprint density at radius 2 is 2.11 bits per heavy atom. The van der Waals surface area contributed by atoms with Gasteiger partial charge < -0.3 is 19.9 Å². The van der Waals surface area contributed by atoms with E-state index < -0.39 is 12.0 Å². The molecule has 0 aliphatic carbocycles. The van der Waals surface area contributed by atoms with E-state index in [9.17, 15) is 9.90 Å². The second-order valence-corrected chi connectivity index (χ2v) is 11.4. The Morgan fingerprint density at radius 3 is 2.87 bits per heavy atom. The molecule has 2 N–H and O–H groups in total. The first kappa shape index (κ1) is 28.7. The second-order valence-electron chi connectivity index (χ2n) is 11.0. The number of unbranched alkanes of at least 4 members (excludes halogenated alkanes) is 2. The Kier molecular flexibility index (Phi) is 10.3. The molecule has 2 aromatic rings. The number of rotatable bonds is 13. The number of likely N-dealkylation sites (tertiary alicyclic amines) is 1. The predicted octanol–water partition coefficient (Wildman–Crippen LogP) is 5.93. The van der Waals surface area contributed by atoms with Crippen LogP contribution in [0.25, 0.3) is 0 Å². The van der Waals surface area contributed by atoms with Crippen molar-refractivity contribution in [1.82, 2.24) is 9.88 Å². The number of hydrogen-bond donors (Lipinski definition) is 2. The minimum Gasteiger partial charge on any atom is -0.496 e. The summed E-state index contributed by atoms with van der Waals surface area (Å²) in [6.07, 6.45) is 8.09. The second kappa shape index (κ2) is 13.6. The number of ether oxygens (including phenoxy) is 2. The van der Waals surface area contributed by atoms with Crippen molar-refractivity contribution in [2.45, 2.75) is 77.4 Å². The van der Waals surface area contributed by atoms with Crippen LogP contribution in [-0.2, 0) is 28.8 Å². The van der Waals surface area contributed by atoms with Crippen LogP contribution in [0.15, 0.2) is 24.3 Å². The number of aryl methyl sites for hydroxylation is 2. The smallest absolute Gasteiger partial charge is 0.325 e. The van der Waals surface area contributed by atoms with Crippen LogP contribution in [0.5, 0.6) is 5.75 Å². The first-order valence-electron chi connectivity index (χ1n) is 14.0. The lowest BCUT2D eigenvalue weighted by molar-refractivity contribution is -0.143. The average Bonchev–Trinajstić information content (AvgIpc) is 3.35. The van der Waals surface area contributed by atoms with E-state index in [0.717, 1.165) is 68.6 Å². The monoisotopic (exact) mass is 543 g/mol. The number of nitrogens with zero attached hydrogens (tertiary/aromatic N) is 2. The third kappa shape index (κ3) is 7.39. The Balaban J connectivity index is 1.25. The minimum absolute atomic E-state index is 0.0342. The number of benzene rings is 1. The van der Waals surface area contributed by atoms with Crippen LogP contribution in [0, 0.1) is 5.92 Å². The number of carboxylic acid groups (broad SMARTS) is 1. The van der Waals surface area contributed by atoms with Crippen molar-refractivity contribution in [1.29, 1.82) is 0 Å². The summed E-state index contributed by atoms with van der Waals surface area (Å²) in [7, 11) is 1.58. The zero-order chi connectivity index (χ0) is 27.1. The number of carboxylic acids is 1. The molecule has 2 atom stereocenters. The number of aromatic nitrogens is 1. The van der Waals surface area contributed by atoms with E-state index in [1.807, 2.05) is 11.0 Å². The summed E-state index contributed by atoms with van der Waals surface area (Å²) in [6, 6.07) is 7.23. The van der Waals surface area contributed by atoms with Gasteiger partial charge in [0.05, 0.1) is 13.2 Å². The van der Waals surface area contributed by atoms with E-state index in [0.29, 0.717) is 41.9 Å². The molecule has 0 radical (unpaired) electrons. The summed E-state index contributed by atoms with van der Waals surface area (Å²) >= 11 is 6.57. The van der Waals surface area contributed by atoms with E-state index in [-0.39, 0.29) is 6.10 Å². The first-order chi connectivity index (χ1) is 18.4. The molecule has 4 rings (SSSR count). The van der Waals surface area contributed by atoms with Gasteiger partial charge in [0.15, 0.2) is 0 Å². The Labute approximate surface area is 231 Å². The highest BCUT2D eigenvalue weighted by atomic mass is 35.5. The van der Waals surface area contributed by atoms with E-state index >= 15 is 0 Å². The van der Waals surface area contributed by atoms with Gasteiger partial charge in [-0.15, -0.1) is 0 Å². The molecule has 2 aliphatic heterocycles. The van der Waals surface area contributed by atoms with Crippen LogP contribution in [0.3, 0.4) is 0 Å². The summed E-state index contributed by atoms with van der Waals surface area (Å²) in [6.45, 7) is 7.20. The number of anilines is 1. The van der Waals surface area contributed by atoms with Crippen molar-refractivity contribution in [2.75, 3.05) is 38.7 Å². The SMILES string of the molecule is COc1cc(CC(C)C)c(Cl)cc1C(C(=O)O)N1CC[C@@H](OCCCCCc2ccc3c(n2)NCCC3)C1. The Morgan fingerprint density at radius 1 is 1.26 bits per heavy atom. The van der Waals surface area contributed by atoms with Gasteiger partial charge in [-0.3, -0.25) is 9.69 Å². The van der Waals surface area contributed by atoms with Crippen molar-refractivity contribution in [3.8, 4) is 5.75 Å². The zero-order valence-electron chi connectivity index (χ0n) is 23.0. The molecule has 1 aromatic carbocycles. The lowest BCUT2D eigenvalue weighted by Crippen LogP contribution is -2.33. The van der Waals surface area contributed by atoms with Crippen LogP contribution < -0.4 is 10.1 Å². The maximum atomic E-state index is 12.4. The van der Waals surface area contributed by atoms with Gasteiger partial charge in [0.1, 0.15) is 17.6 Å². The van der Waals surface area contributed by atoms with Gasteiger partial charge in [-0.25, -0.2) is 4.98 Å². The fraction of sp³-hybridized carbons (Fsp3) is 0.600. The minimum atomic E-state index is -0.900. The molecule has 1 fully saturated rings. The first-order valence-corrected chi connectivity index (χ1v) is 14.4. The summed E-state index contributed by atoms with van der Waals surface area (Å²) < 4.78 is 11.8. The molecule has 1 unspecified atom stereocenters. The van der Waals surface area contributed by atoms with Gasteiger partial charge in [0, 0.05) is 42.5 Å². The number of halogens is 1. The number of fused-ring (bicyclic) bond motifs is 1. The van der Waals surface area contributed by atoms with Crippen molar-refractivity contribution >= 4 is 23.4 Å². The lowest BCUT2D eigenvalue weighted by Gasteiger charge is -2.27. The average molecular weight is 544 g/mol. The summed E-state index contributed by atoms with van der Waals surface area (Å²) in [5.74, 6) is 1.18. The standard InChI is InChI=1S/C30H42ClN3O4/c1-20(2)16-22-17-27(37-3)25(18-26(22)31)28(30(35)36)34-14-12-24(19-34)38-15-6-4-5-9-23-11-10-21-8-7-13-32-29(21)33-23/h10-11,17-18,20,24,28H,4-9,12-16,19H2,1-3H3,(H,32,33)(H,35,36)/t24-,28?/m1/s1. The maximum absolute atomic E-state index is 12.4. The lowest BCUT2D eigenvalue weighted by atomic mass is 9.97. The van der Waals surface area contributed by atoms with Gasteiger partial charge in [0.2, 0.25) is 0 Å². The van der Waals surface area contributed by atoms with Gasteiger partial charge in [-0.2, -0.15) is 0 Å². The molecule has 0 amide bonds. The van der Waals surface area contributed by atoms with E-state index in [2.05, 4.69) is 31.3 Å². The van der Waals surface area contributed by atoms with Crippen molar-refractivity contribution in [3.05, 3.63) is 51.7 Å². The molecular formula is C30H42ClN3O4. The van der Waals surface area contributed by atoms with Gasteiger partial charge in [0.25, 0.3) is 0 Å². The molecule has 1 aromatic heterocycles. The predicted molar refractivity (Wildman–Crippen MR) is 151 cm³/mol. The molecule has 1 saturated heterocycles. The highest BCUT2D eigenvalue weighted by Gasteiger charge is 2.36. The van der Waals surface area contributed by atoms with Crippen LogP contribution >= 0.6 is 11.6 Å². The van der Waals surface area contributed by atoms with Crippen LogP contribution in [0.1, 0.15) is 74.4 Å². The van der Waals surface area contributed by atoms with E-state index in [1.165, 1.54) is 12.0 Å². The molecule has 0 saturated carbocycles. The largest absolute Gasteiger partial charge is 0.496 e. The fourth-order valence-electron chi connectivity index (χ4n) is 5.55. The Hall–Kier alpha value is -2.35. The molecule has 7 nitrogen and oxygen atoms in total. The van der Waals surface area contributed by atoms with Crippen LogP contribution in [-0.4, -0.2) is 60.4 Å². The van der Waals surface area contributed by atoms with Gasteiger partial charge in [-0.05, 0) is 80.2 Å². The normalized spacial score (nSPS) is 18.3. The maximum Gasteiger partial charge on any atom is 0.325 e. The van der Waals surface area contributed by atoms with E-state index in [1.54, 1.807) is 13.2 Å². The topological polar surface area (TPSA) is 83.9 Å². The zero-order valence-corrected chi connectivity index (χ0v) is 23.7.